The smallest absolute Gasteiger partial charge is 0.256 e. The number of carbonyl (C=O) groups is 1. The zero-order chi connectivity index (χ0) is 18.0. The Morgan fingerprint density at radius 1 is 1.16 bits per heavy atom. The number of aliphatic hydroxyl groups excluding tert-OH is 1. The number of nitrogens with one attached hydrogen (secondary N) is 1. The van der Waals surface area contributed by atoms with E-state index in [1.54, 1.807) is 24.3 Å². The third-order valence-corrected chi connectivity index (χ3v) is 4.72. The molecule has 1 aliphatic rings. The minimum atomic E-state index is -0.731. The Morgan fingerprint density at radius 3 is 2.44 bits per heavy atom. The number of ether oxygens (including phenoxy) is 2. The minimum absolute atomic E-state index is 0.0123. The number of carbonyl (C=O) groups excluding carboxylic acids is 1. The fourth-order valence-corrected chi connectivity index (χ4v) is 3.12. The summed E-state index contributed by atoms with van der Waals surface area (Å²) in [6.45, 7) is 4.76. The second-order valence-corrected chi connectivity index (χ2v) is 7.06. The lowest BCUT2D eigenvalue weighted by Crippen LogP contribution is -2.19. The van der Waals surface area contributed by atoms with Gasteiger partial charge in [0.25, 0.3) is 5.91 Å². The van der Waals surface area contributed by atoms with Crippen LogP contribution in [0.15, 0.2) is 40.9 Å². The molecule has 132 valence electrons. The SMILES string of the molecule is CC(C)C(O)c1cc2c(cc1NC(=O)c1ccccc1Br)OCCO2. The molecular formula is C19H20BrNO4. The second kappa shape index (κ2) is 7.45. The maximum Gasteiger partial charge on any atom is 0.256 e. The van der Waals surface area contributed by atoms with E-state index in [1.165, 1.54) is 0 Å². The van der Waals surface area contributed by atoms with Crippen molar-refractivity contribution in [3.63, 3.8) is 0 Å². The Balaban J connectivity index is 1.98. The van der Waals surface area contributed by atoms with Crippen molar-refractivity contribution in [2.24, 2.45) is 5.92 Å². The quantitative estimate of drug-likeness (QED) is 0.800. The van der Waals surface area contributed by atoms with Gasteiger partial charge >= 0.3 is 0 Å². The van der Waals surface area contributed by atoms with Crippen LogP contribution in [0.1, 0.15) is 35.9 Å². The van der Waals surface area contributed by atoms with E-state index >= 15 is 0 Å². The molecule has 2 aromatic rings. The average Bonchev–Trinajstić information content (AvgIpc) is 2.60. The molecule has 0 aromatic heterocycles. The number of anilines is 1. The molecule has 0 bridgehead atoms. The van der Waals surface area contributed by atoms with Crippen LogP contribution in [-0.2, 0) is 0 Å². The fourth-order valence-electron chi connectivity index (χ4n) is 2.65. The van der Waals surface area contributed by atoms with Crippen molar-refractivity contribution in [3.8, 4) is 11.5 Å². The molecule has 0 aliphatic carbocycles. The summed E-state index contributed by atoms with van der Waals surface area (Å²) in [5, 5.41) is 13.5. The molecule has 0 saturated carbocycles. The van der Waals surface area contributed by atoms with Crippen LogP contribution in [-0.4, -0.2) is 24.2 Å². The van der Waals surface area contributed by atoms with E-state index in [-0.39, 0.29) is 11.8 Å². The normalized spacial score (nSPS) is 14.3. The highest BCUT2D eigenvalue weighted by Gasteiger charge is 2.23. The first kappa shape index (κ1) is 17.8. The van der Waals surface area contributed by atoms with E-state index in [4.69, 9.17) is 9.47 Å². The molecule has 0 spiro atoms. The Labute approximate surface area is 155 Å². The third kappa shape index (κ3) is 3.80. The second-order valence-electron chi connectivity index (χ2n) is 6.21. The van der Waals surface area contributed by atoms with Crippen molar-refractivity contribution in [3.05, 3.63) is 52.0 Å². The van der Waals surface area contributed by atoms with Crippen LogP contribution in [0.2, 0.25) is 0 Å². The van der Waals surface area contributed by atoms with Crippen LogP contribution in [0.4, 0.5) is 5.69 Å². The van der Waals surface area contributed by atoms with Gasteiger partial charge < -0.3 is 19.9 Å². The maximum absolute atomic E-state index is 12.7. The van der Waals surface area contributed by atoms with Crippen LogP contribution in [0, 0.1) is 5.92 Å². The van der Waals surface area contributed by atoms with Gasteiger partial charge in [-0.1, -0.05) is 26.0 Å². The van der Waals surface area contributed by atoms with E-state index < -0.39 is 6.10 Å². The zero-order valence-corrected chi connectivity index (χ0v) is 15.7. The number of amides is 1. The van der Waals surface area contributed by atoms with Gasteiger partial charge in [0.2, 0.25) is 0 Å². The molecule has 1 aliphatic heterocycles. The van der Waals surface area contributed by atoms with Gasteiger partial charge in [-0.2, -0.15) is 0 Å². The highest BCUT2D eigenvalue weighted by Crippen LogP contribution is 2.40. The first-order valence-electron chi connectivity index (χ1n) is 8.15. The van der Waals surface area contributed by atoms with E-state index in [0.29, 0.717) is 46.0 Å². The van der Waals surface area contributed by atoms with Crippen molar-refractivity contribution >= 4 is 27.5 Å². The van der Waals surface area contributed by atoms with Crippen molar-refractivity contribution < 1.29 is 19.4 Å². The largest absolute Gasteiger partial charge is 0.486 e. The first-order chi connectivity index (χ1) is 12.0. The molecule has 1 unspecified atom stereocenters. The molecule has 3 rings (SSSR count). The van der Waals surface area contributed by atoms with Gasteiger partial charge in [-0.3, -0.25) is 4.79 Å². The summed E-state index contributed by atoms with van der Waals surface area (Å²) in [5.41, 5.74) is 1.65. The molecule has 1 atom stereocenters. The highest BCUT2D eigenvalue weighted by molar-refractivity contribution is 9.10. The Bertz CT molecular complexity index is 791. The summed E-state index contributed by atoms with van der Waals surface area (Å²) < 4.78 is 11.9. The standard InChI is InChI=1S/C19H20BrNO4/c1-11(2)18(22)13-9-16-17(25-8-7-24-16)10-15(13)21-19(23)12-5-3-4-6-14(12)20/h3-6,9-11,18,22H,7-8H2,1-2H3,(H,21,23). The number of rotatable bonds is 4. The van der Waals surface area contributed by atoms with Gasteiger partial charge in [-0.05, 0) is 40.0 Å². The average molecular weight is 406 g/mol. The van der Waals surface area contributed by atoms with E-state index in [9.17, 15) is 9.90 Å². The lowest BCUT2D eigenvalue weighted by atomic mass is 9.96. The lowest BCUT2D eigenvalue weighted by molar-refractivity contribution is 0.102. The summed E-state index contributed by atoms with van der Waals surface area (Å²) >= 11 is 3.39. The first-order valence-corrected chi connectivity index (χ1v) is 8.94. The van der Waals surface area contributed by atoms with Gasteiger partial charge in [0.05, 0.1) is 17.4 Å². The van der Waals surface area contributed by atoms with Crippen LogP contribution in [0.3, 0.4) is 0 Å². The lowest BCUT2D eigenvalue weighted by Gasteiger charge is -2.24. The van der Waals surface area contributed by atoms with Crippen molar-refractivity contribution in [1.82, 2.24) is 0 Å². The molecular weight excluding hydrogens is 386 g/mol. The van der Waals surface area contributed by atoms with E-state index in [1.807, 2.05) is 26.0 Å². The van der Waals surface area contributed by atoms with Gasteiger partial charge in [0.15, 0.2) is 11.5 Å². The predicted octanol–water partition coefficient (Wildman–Crippen LogP) is 4.16. The van der Waals surface area contributed by atoms with Crippen molar-refractivity contribution in [1.29, 1.82) is 0 Å². The zero-order valence-electron chi connectivity index (χ0n) is 14.1. The number of hydrogen-bond donors (Lipinski definition) is 2. The number of benzene rings is 2. The summed E-state index contributed by atoms with van der Waals surface area (Å²) in [4.78, 5) is 12.7. The van der Waals surface area contributed by atoms with Gasteiger partial charge in [0, 0.05) is 16.1 Å². The number of fused-ring (bicyclic) bond motifs is 1. The molecule has 0 radical (unpaired) electrons. The predicted molar refractivity (Wildman–Crippen MR) is 99.3 cm³/mol. The van der Waals surface area contributed by atoms with Gasteiger partial charge in [-0.15, -0.1) is 0 Å². The highest BCUT2D eigenvalue weighted by atomic mass is 79.9. The Hall–Kier alpha value is -2.05. The summed E-state index contributed by atoms with van der Waals surface area (Å²) in [5.74, 6) is 0.872. The molecule has 5 nitrogen and oxygen atoms in total. The molecule has 25 heavy (non-hydrogen) atoms. The molecule has 2 N–H and O–H groups in total. The van der Waals surface area contributed by atoms with Crippen LogP contribution < -0.4 is 14.8 Å². The van der Waals surface area contributed by atoms with Gasteiger partial charge in [0.1, 0.15) is 13.2 Å². The van der Waals surface area contributed by atoms with Crippen molar-refractivity contribution in [2.45, 2.75) is 20.0 Å². The monoisotopic (exact) mass is 405 g/mol. The molecule has 6 heteroatoms. The molecule has 2 aromatic carbocycles. The molecule has 0 saturated heterocycles. The van der Waals surface area contributed by atoms with E-state index in [0.717, 1.165) is 0 Å². The van der Waals surface area contributed by atoms with Crippen LogP contribution >= 0.6 is 15.9 Å². The van der Waals surface area contributed by atoms with Gasteiger partial charge in [-0.25, -0.2) is 0 Å². The number of halogens is 1. The van der Waals surface area contributed by atoms with Crippen LogP contribution in [0.5, 0.6) is 11.5 Å². The molecule has 0 fully saturated rings. The summed E-state index contributed by atoms with van der Waals surface area (Å²) in [6.07, 6.45) is -0.731. The number of hydrogen-bond acceptors (Lipinski definition) is 4. The van der Waals surface area contributed by atoms with Crippen LogP contribution in [0.25, 0.3) is 0 Å². The fraction of sp³-hybridized carbons (Fsp3) is 0.316. The maximum atomic E-state index is 12.7. The summed E-state index contributed by atoms with van der Waals surface area (Å²) in [6, 6.07) is 10.6. The minimum Gasteiger partial charge on any atom is -0.486 e. The summed E-state index contributed by atoms with van der Waals surface area (Å²) in [7, 11) is 0. The Morgan fingerprint density at radius 2 is 1.80 bits per heavy atom. The van der Waals surface area contributed by atoms with Crippen molar-refractivity contribution in [2.75, 3.05) is 18.5 Å². The molecule has 1 heterocycles. The molecule has 1 amide bonds. The topological polar surface area (TPSA) is 67.8 Å². The Kier molecular flexibility index (Phi) is 5.30. The third-order valence-electron chi connectivity index (χ3n) is 4.03. The number of aliphatic hydroxyl groups is 1. The van der Waals surface area contributed by atoms with E-state index in [2.05, 4.69) is 21.2 Å².